The summed E-state index contributed by atoms with van der Waals surface area (Å²) in [5.74, 6) is 1.45. The molecule has 0 aliphatic carbocycles. The van der Waals surface area contributed by atoms with Gasteiger partial charge in [-0.3, -0.25) is 4.98 Å². The lowest BCUT2D eigenvalue weighted by molar-refractivity contribution is 0.216. The van der Waals surface area contributed by atoms with Gasteiger partial charge in [-0.05, 0) is 32.4 Å². The van der Waals surface area contributed by atoms with E-state index in [0.717, 1.165) is 43.1 Å². The molecule has 5 nitrogen and oxygen atoms in total. The van der Waals surface area contributed by atoms with Crippen molar-refractivity contribution in [1.29, 1.82) is 0 Å². The van der Waals surface area contributed by atoms with Crippen LogP contribution >= 0.6 is 11.3 Å². The van der Waals surface area contributed by atoms with Gasteiger partial charge in [0.05, 0.1) is 15.8 Å². The molecule has 1 fully saturated rings. The molecule has 1 N–H and O–H groups in total. The van der Waals surface area contributed by atoms with E-state index in [4.69, 9.17) is 4.52 Å². The standard InChI is InChI=1S/C12H16N4OS/c1-2-12(3-5-13-6-4-12)11-15-10(16-17-11)9-7-14-8-18-9/h7-8,13H,2-6H2,1H3. The Hall–Kier alpha value is -1.27. The lowest BCUT2D eigenvalue weighted by Crippen LogP contribution is -2.39. The zero-order chi connectivity index (χ0) is 12.4. The van der Waals surface area contributed by atoms with Crippen LogP contribution in [0.1, 0.15) is 32.1 Å². The van der Waals surface area contributed by atoms with Crippen LogP contribution in [0, 0.1) is 0 Å². The van der Waals surface area contributed by atoms with Crippen LogP contribution in [0.3, 0.4) is 0 Å². The molecule has 96 valence electrons. The maximum Gasteiger partial charge on any atom is 0.233 e. The van der Waals surface area contributed by atoms with Gasteiger partial charge in [-0.2, -0.15) is 4.98 Å². The van der Waals surface area contributed by atoms with Gasteiger partial charge in [0, 0.05) is 6.20 Å². The van der Waals surface area contributed by atoms with Crippen LogP contribution in [0.25, 0.3) is 10.7 Å². The summed E-state index contributed by atoms with van der Waals surface area (Å²) in [6.07, 6.45) is 4.95. The van der Waals surface area contributed by atoms with E-state index in [1.807, 2.05) is 0 Å². The zero-order valence-corrected chi connectivity index (χ0v) is 11.2. The Kier molecular flexibility index (Phi) is 3.13. The molecule has 0 spiro atoms. The van der Waals surface area contributed by atoms with E-state index in [0.29, 0.717) is 5.82 Å². The van der Waals surface area contributed by atoms with E-state index in [1.165, 1.54) is 11.3 Å². The Morgan fingerprint density at radius 1 is 1.44 bits per heavy atom. The molecular weight excluding hydrogens is 248 g/mol. The van der Waals surface area contributed by atoms with Crippen molar-refractivity contribution in [2.24, 2.45) is 0 Å². The topological polar surface area (TPSA) is 63.8 Å². The highest BCUT2D eigenvalue weighted by molar-refractivity contribution is 7.13. The van der Waals surface area contributed by atoms with Crippen LogP contribution in [-0.2, 0) is 5.41 Å². The van der Waals surface area contributed by atoms with E-state index in [-0.39, 0.29) is 5.41 Å². The third-order valence-electron chi connectivity index (χ3n) is 3.77. The highest BCUT2D eigenvalue weighted by Crippen LogP contribution is 2.36. The first kappa shape index (κ1) is 11.8. The molecule has 0 unspecified atom stereocenters. The zero-order valence-electron chi connectivity index (χ0n) is 10.3. The fraction of sp³-hybridized carbons (Fsp3) is 0.583. The maximum absolute atomic E-state index is 5.51. The number of nitrogens with zero attached hydrogens (tertiary/aromatic N) is 3. The molecule has 0 radical (unpaired) electrons. The van der Waals surface area contributed by atoms with Crippen molar-refractivity contribution in [2.45, 2.75) is 31.6 Å². The summed E-state index contributed by atoms with van der Waals surface area (Å²) in [5.41, 5.74) is 1.84. The molecule has 6 heteroatoms. The summed E-state index contributed by atoms with van der Waals surface area (Å²) in [6.45, 7) is 4.24. The second-order valence-corrected chi connectivity index (χ2v) is 5.56. The van der Waals surface area contributed by atoms with Gasteiger partial charge in [0.15, 0.2) is 0 Å². The molecule has 3 rings (SSSR count). The number of aromatic nitrogens is 3. The highest BCUT2D eigenvalue weighted by atomic mass is 32.1. The molecule has 0 bridgehead atoms. The van der Waals surface area contributed by atoms with Crippen LogP contribution in [0.15, 0.2) is 16.2 Å². The second-order valence-electron chi connectivity index (χ2n) is 4.67. The molecule has 0 amide bonds. The van der Waals surface area contributed by atoms with Gasteiger partial charge in [-0.25, -0.2) is 0 Å². The largest absolute Gasteiger partial charge is 0.338 e. The summed E-state index contributed by atoms with van der Waals surface area (Å²) >= 11 is 1.53. The number of hydrogen-bond acceptors (Lipinski definition) is 6. The molecule has 1 saturated heterocycles. The number of rotatable bonds is 3. The Morgan fingerprint density at radius 2 is 2.28 bits per heavy atom. The Labute approximate surface area is 110 Å². The summed E-state index contributed by atoms with van der Waals surface area (Å²) < 4.78 is 5.51. The minimum atomic E-state index is 0.0567. The van der Waals surface area contributed by atoms with Gasteiger partial charge in [0.1, 0.15) is 0 Å². The summed E-state index contributed by atoms with van der Waals surface area (Å²) in [4.78, 5) is 9.59. The fourth-order valence-corrected chi connectivity index (χ4v) is 3.03. The van der Waals surface area contributed by atoms with E-state index < -0.39 is 0 Å². The molecule has 3 heterocycles. The summed E-state index contributed by atoms with van der Waals surface area (Å²) in [5, 5.41) is 7.47. The maximum atomic E-state index is 5.51. The van der Waals surface area contributed by atoms with Crippen LogP contribution in [0.5, 0.6) is 0 Å². The van der Waals surface area contributed by atoms with Crippen molar-refractivity contribution in [1.82, 2.24) is 20.4 Å². The van der Waals surface area contributed by atoms with Gasteiger partial charge in [0.25, 0.3) is 0 Å². The SMILES string of the molecule is CCC1(c2nc(-c3cncs3)no2)CCNCC1. The van der Waals surface area contributed by atoms with E-state index in [9.17, 15) is 0 Å². The average Bonchev–Trinajstić information content (AvgIpc) is 3.10. The summed E-state index contributed by atoms with van der Waals surface area (Å²) in [7, 11) is 0. The minimum Gasteiger partial charge on any atom is -0.338 e. The van der Waals surface area contributed by atoms with Crippen molar-refractivity contribution in [3.05, 3.63) is 17.6 Å². The molecule has 2 aromatic rings. The van der Waals surface area contributed by atoms with Crippen LogP contribution < -0.4 is 5.32 Å². The van der Waals surface area contributed by atoms with E-state index >= 15 is 0 Å². The minimum absolute atomic E-state index is 0.0567. The number of hydrogen-bond donors (Lipinski definition) is 1. The molecule has 0 aromatic carbocycles. The van der Waals surface area contributed by atoms with Crippen molar-refractivity contribution in [3.63, 3.8) is 0 Å². The van der Waals surface area contributed by atoms with Crippen LogP contribution in [0.4, 0.5) is 0 Å². The normalized spacial score (nSPS) is 18.9. The lowest BCUT2D eigenvalue weighted by atomic mass is 9.76. The van der Waals surface area contributed by atoms with Gasteiger partial charge in [0.2, 0.25) is 11.7 Å². The van der Waals surface area contributed by atoms with Gasteiger partial charge in [-0.1, -0.05) is 12.1 Å². The predicted molar refractivity (Wildman–Crippen MR) is 69.5 cm³/mol. The first-order chi connectivity index (χ1) is 8.84. The van der Waals surface area contributed by atoms with Crippen LogP contribution in [-0.4, -0.2) is 28.2 Å². The molecule has 2 aromatic heterocycles. The number of nitrogens with one attached hydrogen (secondary N) is 1. The third-order valence-corrected chi connectivity index (χ3v) is 4.54. The van der Waals surface area contributed by atoms with Gasteiger partial charge < -0.3 is 9.84 Å². The monoisotopic (exact) mass is 264 g/mol. The molecule has 0 saturated carbocycles. The van der Waals surface area contributed by atoms with E-state index in [1.54, 1.807) is 11.7 Å². The second kappa shape index (κ2) is 4.78. The summed E-state index contributed by atoms with van der Waals surface area (Å²) in [6, 6.07) is 0. The van der Waals surface area contributed by atoms with Crippen molar-refractivity contribution < 1.29 is 4.52 Å². The van der Waals surface area contributed by atoms with Crippen molar-refractivity contribution >= 4 is 11.3 Å². The van der Waals surface area contributed by atoms with Crippen LogP contribution in [0.2, 0.25) is 0 Å². The number of thiazole rings is 1. The Bertz CT molecular complexity index is 502. The average molecular weight is 264 g/mol. The molecule has 1 aliphatic heterocycles. The first-order valence-electron chi connectivity index (χ1n) is 6.28. The van der Waals surface area contributed by atoms with Gasteiger partial charge in [-0.15, -0.1) is 11.3 Å². The predicted octanol–water partition coefficient (Wildman–Crippen LogP) is 2.22. The Morgan fingerprint density at radius 3 is 2.94 bits per heavy atom. The number of piperidine rings is 1. The molecule has 0 atom stereocenters. The van der Waals surface area contributed by atoms with E-state index in [2.05, 4.69) is 27.4 Å². The van der Waals surface area contributed by atoms with Crippen molar-refractivity contribution in [2.75, 3.05) is 13.1 Å². The van der Waals surface area contributed by atoms with Gasteiger partial charge >= 0.3 is 0 Å². The fourth-order valence-electron chi connectivity index (χ4n) is 2.49. The Balaban J connectivity index is 1.92. The smallest absolute Gasteiger partial charge is 0.233 e. The molecule has 18 heavy (non-hydrogen) atoms. The molecular formula is C12H16N4OS. The first-order valence-corrected chi connectivity index (χ1v) is 7.16. The third kappa shape index (κ3) is 1.95. The van der Waals surface area contributed by atoms with Crippen molar-refractivity contribution in [3.8, 4) is 10.7 Å². The lowest BCUT2D eigenvalue weighted by Gasteiger charge is -2.33. The quantitative estimate of drug-likeness (QED) is 0.921. The highest BCUT2D eigenvalue weighted by Gasteiger charge is 2.37. The molecule has 1 aliphatic rings.